The fourth-order valence-corrected chi connectivity index (χ4v) is 6.85. The maximum atomic E-state index is 12.4. The fraction of sp³-hybridized carbons (Fsp3) is 0.571. The largest absolute Gasteiger partial charge is 0.481 e. The van der Waals surface area contributed by atoms with Crippen molar-refractivity contribution in [3.63, 3.8) is 0 Å². The Morgan fingerprint density at radius 2 is 2.10 bits per heavy atom. The van der Waals surface area contributed by atoms with Gasteiger partial charge in [0.05, 0.1) is 38.2 Å². The highest BCUT2D eigenvalue weighted by Gasteiger charge is 2.70. The topological polar surface area (TPSA) is 188 Å². The third kappa shape index (κ3) is 4.21. The van der Waals surface area contributed by atoms with E-state index in [1.54, 1.807) is 12.3 Å². The number of hydrogen-bond donors (Lipinski definition) is 6. The van der Waals surface area contributed by atoms with Crippen LogP contribution in [0.4, 0.5) is 0 Å². The molecule has 0 radical (unpaired) electrons. The Morgan fingerprint density at radius 1 is 1.32 bits per heavy atom. The number of carboxylic acid groups (broad SMARTS) is 1. The molecule has 4 aliphatic rings. The van der Waals surface area contributed by atoms with Crippen LogP contribution in [0.3, 0.4) is 0 Å². The fourth-order valence-electron chi connectivity index (χ4n) is 6.85. The molecule has 2 fully saturated rings. The molecule has 1 spiro atoms. The summed E-state index contributed by atoms with van der Waals surface area (Å²) in [5.41, 5.74) is -2.73. The van der Waals surface area contributed by atoms with Crippen LogP contribution in [0.25, 0.3) is 11.3 Å². The van der Waals surface area contributed by atoms with Crippen molar-refractivity contribution in [2.24, 2.45) is 11.8 Å². The van der Waals surface area contributed by atoms with E-state index in [-0.39, 0.29) is 37.9 Å². The number of methoxy groups -OCH3 is 1. The Hall–Kier alpha value is -3.00. The number of carboxylic acids is 1. The zero-order valence-electron chi connectivity index (χ0n) is 22.1. The van der Waals surface area contributed by atoms with Crippen LogP contribution in [0.15, 0.2) is 36.6 Å². The smallest absolute Gasteiger partial charge is 0.333 e. The van der Waals surface area contributed by atoms with E-state index < -0.39 is 66.2 Å². The molecule has 1 aromatic heterocycles. The summed E-state index contributed by atoms with van der Waals surface area (Å²) in [7, 11) is 1.21. The zero-order valence-corrected chi connectivity index (χ0v) is 22.1. The molecule has 8 atom stereocenters. The van der Waals surface area contributed by atoms with Gasteiger partial charge in [0.25, 0.3) is 0 Å². The second kappa shape index (κ2) is 10.8. The summed E-state index contributed by atoms with van der Waals surface area (Å²) < 4.78 is 23.7. The molecule has 3 heterocycles. The number of aliphatic carboxylic acids is 1. The molecule has 218 valence electrons. The van der Waals surface area contributed by atoms with Gasteiger partial charge < -0.3 is 49.5 Å². The van der Waals surface area contributed by atoms with Gasteiger partial charge in [0.2, 0.25) is 0 Å². The number of H-pyrrole nitrogens is 1. The number of fused-ring (bicyclic) bond motifs is 2. The van der Waals surface area contributed by atoms with Gasteiger partial charge in [0.1, 0.15) is 23.6 Å². The van der Waals surface area contributed by atoms with Gasteiger partial charge in [-0.2, -0.15) is 0 Å². The first-order valence-electron chi connectivity index (χ1n) is 13.3. The van der Waals surface area contributed by atoms with Crippen LogP contribution in [0.1, 0.15) is 32.1 Å². The minimum absolute atomic E-state index is 0.0463. The molecule has 2 aliphatic carbocycles. The van der Waals surface area contributed by atoms with Gasteiger partial charge in [-0.05, 0) is 30.9 Å². The van der Waals surface area contributed by atoms with Crippen LogP contribution in [-0.2, 0) is 28.5 Å². The number of ether oxygens (including phenoxy) is 4. The standard InChI is InChI=1S/C28H35NO11/c1-3-14-17(12-22(32)33)15(24(34)37-2)4-5-19(14)38-26-27(36)9-6-18-16-7-10-29-23(16)20(8-11-30)40-28(18,25(27)35)21(13-31)39-26/h3-4,7,10,14,17,19,21,25-26,29-31,35-36H,1,5-6,8-9,11-13H2,2H3,(H,32,33)/t14-,17+,19-,21-,25-,26-,27-,28-/m1/s1. The highest BCUT2D eigenvalue weighted by atomic mass is 16.7. The molecule has 12 nitrogen and oxygen atoms in total. The number of hydrogen-bond acceptors (Lipinski definition) is 10. The predicted octanol–water partition coefficient (Wildman–Crippen LogP) is -1.19. The third-order valence-corrected chi connectivity index (χ3v) is 8.70. The van der Waals surface area contributed by atoms with Gasteiger partial charge in [0, 0.05) is 35.2 Å². The molecular formula is C28H35NO11. The first-order chi connectivity index (χ1) is 19.2. The van der Waals surface area contributed by atoms with Gasteiger partial charge in [0.15, 0.2) is 11.9 Å². The van der Waals surface area contributed by atoms with E-state index in [1.807, 2.05) is 6.07 Å². The Kier molecular flexibility index (Phi) is 7.68. The number of aromatic nitrogens is 1. The van der Waals surface area contributed by atoms with E-state index in [4.69, 9.17) is 18.9 Å². The van der Waals surface area contributed by atoms with Crippen molar-refractivity contribution in [3.05, 3.63) is 47.1 Å². The number of carbonyl (C=O) groups is 2. The highest BCUT2D eigenvalue weighted by molar-refractivity contribution is 5.90. The molecule has 0 amide bonds. The van der Waals surface area contributed by atoms with E-state index in [2.05, 4.69) is 11.6 Å². The Morgan fingerprint density at radius 3 is 2.75 bits per heavy atom. The van der Waals surface area contributed by atoms with Crippen molar-refractivity contribution in [1.82, 2.24) is 4.98 Å². The lowest BCUT2D eigenvalue weighted by atomic mass is 9.63. The summed E-state index contributed by atoms with van der Waals surface area (Å²) in [5.74, 6) is -2.87. The molecule has 1 saturated heterocycles. The number of aromatic amines is 1. The molecule has 1 aromatic rings. The predicted molar refractivity (Wildman–Crippen MR) is 137 cm³/mol. The van der Waals surface area contributed by atoms with Crippen molar-refractivity contribution >= 4 is 23.3 Å². The second-order valence-electron chi connectivity index (χ2n) is 10.6. The summed E-state index contributed by atoms with van der Waals surface area (Å²) in [6, 6.07) is 1.82. The summed E-state index contributed by atoms with van der Waals surface area (Å²) in [4.78, 5) is 27.2. The Bertz CT molecular complexity index is 1330. The molecule has 12 heteroatoms. The van der Waals surface area contributed by atoms with Gasteiger partial charge in [-0.3, -0.25) is 4.79 Å². The first-order valence-corrected chi connectivity index (χ1v) is 13.3. The minimum atomic E-state index is -1.96. The van der Waals surface area contributed by atoms with Crippen LogP contribution < -0.4 is 10.6 Å². The normalized spacial score (nSPS) is 36.6. The van der Waals surface area contributed by atoms with Crippen molar-refractivity contribution in [3.8, 4) is 0 Å². The average molecular weight is 562 g/mol. The number of aliphatic hydroxyl groups excluding tert-OH is 3. The lowest BCUT2D eigenvalue weighted by Gasteiger charge is -2.60. The third-order valence-electron chi connectivity index (χ3n) is 8.70. The summed E-state index contributed by atoms with van der Waals surface area (Å²) in [6.07, 6.45) is 0.108. The van der Waals surface area contributed by atoms with Crippen molar-refractivity contribution in [2.75, 3.05) is 20.3 Å². The number of nitrogens with one attached hydrogen (secondary N) is 1. The maximum Gasteiger partial charge on any atom is 0.333 e. The van der Waals surface area contributed by atoms with Gasteiger partial charge in [-0.15, -0.1) is 6.58 Å². The number of aliphatic hydroxyl groups is 4. The van der Waals surface area contributed by atoms with E-state index in [1.165, 1.54) is 13.2 Å². The molecule has 5 rings (SSSR count). The van der Waals surface area contributed by atoms with Crippen molar-refractivity contribution < 1.29 is 54.1 Å². The molecule has 0 aromatic carbocycles. The van der Waals surface area contributed by atoms with Gasteiger partial charge >= 0.3 is 11.9 Å². The number of esters is 1. The second-order valence-corrected chi connectivity index (χ2v) is 10.6. The molecule has 2 aliphatic heterocycles. The van der Waals surface area contributed by atoms with Gasteiger partial charge in [-0.25, -0.2) is 4.79 Å². The zero-order chi connectivity index (χ0) is 28.8. The van der Waals surface area contributed by atoms with Crippen LogP contribution in [0, 0.1) is 11.8 Å². The van der Waals surface area contributed by atoms with Crippen LogP contribution in [-0.4, -0.2) is 98.6 Å². The quantitative estimate of drug-likeness (QED) is 0.157. The van der Waals surface area contributed by atoms with Crippen LogP contribution in [0.5, 0.6) is 0 Å². The lowest BCUT2D eigenvalue weighted by molar-refractivity contribution is -0.372. The van der Waals surface area contributed by atoms with Crippen LogP contribution in [0.2, 0.25) is 0 Å². The summed E-state index contributed by atoms with van der Waals surface area (Å²) in [5, 5.41) is 54.8. The molecule has 1 saturated carbocycles. The Labute approximate surface area is 229 Å². The molecule has 6 N–H and O–H groups in total. The van der Waals surface area contributed by atoms with E-state index in [0.717, 1.165) is 5.22 Å². The highest BCUT2D eigenvalue weighted by Crippen LogP contribution is 2.53. The first kappa shape index (κ1) is 28.5. The molecule has 2 bridgehead atoms. The molecule has 0 unspecified atom stereocenters. The number of carbonyl (C=O) groups excluding carboxylic acids is 1. The summed E-state index contributed by atoms with van der Waals surface area (Å²) in [6.45, 7) is 3.03. The van der Waals surface area contributed by atoms with Crippen LogP contribution >= 0.6 is 0 Å². The van der Waals surface area contributed by atoms with Gasteiger partial charge in [-0.1, -0.05) is 12.2 Å². The average Bonchev–Trinajstić information content (AvgIpc) is 3.42. The molecule has 40 heavy (non-hydrogen) atoms. The van der Waals surface area contributed by atoms with Crippen molar-refractivity contribution in [2.45, 2.75) is 67.9 Å². The van der Waals surface area contributed by atoms with E-state index in [0.29, 0.717) is 23.1 Å². The van der Waals surface area contributed by atoms with Crippen molar-refractivity contribution in [1.29, 1.82) is 0 Å². The number of rotatable bonds is 9. The van der Waals surface area contributed by atoms with E-state index in [9.17, 15) is 35.1 Å². The lowest BCUT2D eigenvalue weighted by Crippen LogP contribution is -2.78. The molecular weight excluding hydrogens is 526 g/mol. The maximum absolute atomic E-state index is 12.4. The summed E-state index contributed by atoms with van der Waals surface area (Å²) >= 11 is 0. The minimum Gasteiger partial charge on any atom is -0.481 e. The SMILES string of the molecule is C=C[C@@H]1[C@H](CC(=O)O)C(C(=O)OC)=CC[C@H]1O[C@@H]1O[C@H](CO)[C@]23OC(CCO)=c4[nH]ccc4=C2CC[C@@]1(O)[C@H]3O. The Balaban J connectivity index is 1.51. The van der Waals surface area contributed by atoms with E-state index >= 15 is 0 Å². The monoisotopic (exact) mass is 561 g/mol.